The van der Waals surface area contributed by atoms with Gasteiger partial charge in [0.1, 0.15) is 0 Å². The average molecular weight is 249 g/mol. The van der Waals surface area contributed by atoms with E-state index in [0.717, 1.165) is 0 Å². The van der Waals surface area contributed by atoms with E-state index < -0.39 is 0 Å². The standard InChI is InChI=1S/C14H19NO3/c1-9(15-11-5-6-11)14(16)10-4-7-12(17-2)13(8-10)18-3/h4,7-9,11,15H,5-6H2,1-3H3. The van der Waals surface area contributed by atoms with Gasteiger partial charge < -0.3 is 14.8 Å². The van der Waals surface area contributed by atoms with E-state index in [2.05, 4.69) is 5.32 Å². The van der Waals surface area contributed by atoms with Gasteiger partial charge in [-0.2, -0.15) is 0 Å². The second kappa shape index (κ2) is 5.40. The highest BCUT2D eigenvalue weighted by Crippen LogP contribution is 2.28. The molecule has 1 aromatic carbocycles. The molecule has 1 fully saturated rings. The number of ketones is 1. The number of carbonyl (C=O) groups is 1. The Labute approximate surface area is 107 Å². The summed E-state index contributed by atoms with van der Waals surface area (Å²) < 4.78 is 10.4. The van der Waals surface area contributed by atoms with E-state index in [1.807, 2.05) is 6.92 Å². The van der Waals surface area contributed by atoms with Crippen LogP contribution in [-0.2, 0) is 0 Å². The lowest BCUT2D eigenvalue weighted by Gasteiger charge is -2.14. The van der Waals surface area contributed by atoms with Crippen LogP contribution in [0.5, 0.6) is 11.5 Å². The molecular formula is C14H19NO3. The molecule has 0 amide bonds. The molecule has 1 N–H and O–H groups in total. The number of hydrogen-bond donors (Lipinski definition) is 1. The molecule has 0 radical (unpaired) electrons. The molecule has 1 aliphatic carbocycles. The minimum absolute atomic E-state index is 0.0860. The average Bonchev–Trinajstić information content (AvgIpc) is 3.20. The molecule has 4 nitrogen and oxygen atoms in total. The zero-order valence-corrected chi connectivity index (χ0v) is 11.0. The fraction of sp³-hybridized carbons (Fsp3) is 0.500. The predicted molar refractivity (Wildman–Crippen MR) is 69.5 cm³/mol. The van der Waals surface area contributed by atoms with Gasteiger partial charge in [0.15, 0.2) is 17.3 Å². The molecule has 1 unspecified atom stereocenters. The number of methoxy groups -OCH3 is 2. The zero-order valence-electron chi connectivity index (χ0n) is 11.0. The maximum atomic E-state index is 12.2. The second-order valence-corrected chi connectivity index (χ2v) is 4.60. The smallest absolute Gasteiger partial charge is 0.179 e. The van der Waals surface area contributed by atoms with E-state index in [9.17, 15) is 4.79 Å². The summed E-state index contributed by atoms with van der Waals surface area (Å²) in [6.07, 6.45) is 2.34. The number of ether oxygens (including phenoxy) is 2. The molecule has 0 aliphatic heterocycles. The van der Waals surface area contributed by atoms with Crippen LogP contribution < -0.4 is 14.8 Å². The first kappa shape index (κ1) is 12.9. The van der Waals surface area contributed by atoms with Gasteiger partial charge in [-0.3, -0.25) is 4.79 Å². The van der Waals surface area contributed by atoms with Crippen LogP contribution in [0.3, 0.4) is 0 Å². The zero-order chi connectivity index (χ0) is 13.1. The summed E-state index contributed by atoms with van der Waals surface area (Å²) in [6.45, 7) is 1.90. The maximum absolute atomic E-state index is 12.2. The van der Waals surface area contributed by atoms with Gasteiger partial charge in [0.2, 0.25) is 0 Å². The van der Waals surface area contributed by atoms with Gasteiger partial charge in [0.05, 0.1) is 20.3 Å². The van der Waals surface area contributed by atoms with Crippen LogP contribution >= 0.6 is 0 Å². The first-order valence-corrected chi connectivity index (χ1v) is 6.18. The van der Waals surface area contributed by atoms with Crippen molar-refractivity contribution in [3.8, 4) is 11.5 Å². The van der Waals surface area contributed by atoms with Crippen LogP contribution in [0.25, 0.3) is 0 Å². The molecule has 1 atom stereocenters. The lowest BCUT2D eigenvalue weighted by molar-refractivity contribution is 0.0949. The van der Waals surface area contributed by atoms with Crippen molar-refractivity contribution in [3.63, 3.8) is 0 Å². The second-order valence-electron chi connectivity index (χ2n) is 4.60. The first-order chi connectivity index (χ1) is 8.65. The largest absolute Gasteiger partial charge is 0.493 e. The first-order valence-electron chi connectivity index (χ1n) is 6.18. The van der Waals surface area contributed by atoms with Gasteiger partial charge in [-0.15, -0.1) is 0 Å². The predicted octanol–water partition coefficient (Wildman–Crippen LogP) is 2.03. The van der Waals surface area contributed by atoms with Gasteiger partial charge in [-0.25, -0.2) is 0 Å². The summed E-state index contributed by atoms with van der Waals surface area (Å²) in [7, 11) is 3.15. The Morgan fingerprint density at radius 1 is 1.28 bits per heavy atom. The Bertz CT molecular complexity index is 441. The maximum Gasteiger partial charge on any atom is 0.179 e. The van der Waals surface area contributed by atoms with Gasteiger partial charge in [0.25, 0.3) is 0 Å². The van der Waals surface area contributed by atoms with Crippen molar-refractivity contribution in [2.24, 2.45) is 0 Å². The number of carbonyl (C=O) groups excluding carboxylic acids is 1. The van der Waals surface area contributed by atoms with E-state index in [4.69, 9.17) is 9.47 Å². The Morgan fingerprint density at radius 3 is 2.50 bits per heavy atom. The van der Waals surface area contributed by atoms with Crippen molar-refractivity contribution in [3.05, 3.63) is 23.8 Å². The summed E-state index contributed by atoms with van der Waals surface area (Å²) in [4.78, 5) is 12.2. The Hall–Kier alpha value is -1.55. The van der Waals surface area contributed by atoms with Crippen molar-refractivity contribution in [1.82, 2.24) is 5.32 Å². The van der Waals surface area contributed by atoms with Crippen LogP contribution in [0.2, 0.25) is 0 Å². The number of Topliss-reactive ketones (excluding diaryl/α,β-unsaturated/α-hetero) is 1. The highest BCUT2D eigenvalue weighted by molar-refractivity contribution is 6.00. The monoisotopic (exact) mass is 249 g/mol. The van der Waals surface area contributed by atoms with Gasteiger partial charge in [-0.05, 0) is 38.0 Å². The third-order valence-electron chi connectivity index (χ3n) is 3.12. The fourth-order valence-corrected chi connectivity index (χ4v) is 1.92. The molecule has 4 heteroatoms. The van der Waals surface area contributed by atoms with Gasteiger partial charge >= 0.3 is 0 Å². The highest BCUT2D eigenvalue weighted by Gasteiger charge is 2.26. The number of benzene rings is 1. The molecule has 0 aromatic heterocycles. The molecule has 18 heavy (non-hydrogen) atoms. The lowest BCUT2D eigenvalue weighted by atomic mass is 10.0. The van der Waals surface area contributed by atoms with Gasteiger partial charge in [0, 0.05) is 11.6 Å². The summed E-state index contributed by atoms with van der Waals surface area (Å²) in [6, 6.07) is 5.62. The van der Waals surface area contributed by atoms with E-state index in [0.29, 0.717) is 23.1 Å². The third kappa shape index (κ3) is 2.82. The Balaban J connectivity index is 2.13. The molecule has 0 bridgehead atoms. The molecule has 0 spiro atoms. The van der Waals surface area contributed by atoms with E-state index in [1.54, 1.807) is 32.4 Å². The van der Waals surface area contributed by atoms with Crippen molar-refractivity contribution in [2.75, 3.05) is 14.2 Å². The van der Waals surface area contributed by atoms with Crippen LogP contribution in [0.4, 0.5) is 0 Å². The van der Waals surface area contributed by atoms with Crippen molar-refractivity contribution in [2.45, 2.75) is 31.8 Å². The van der Waals surface area contributed by atoms with Gasteiger partial charge in [-0.1, -0.05) is 0 Å². The molecule has 0 heterocycles. The highest BCUT2D eigenvalue weighted by atomic mass is 16.5. The summed E-state index contributed by atoms with van der Waals surface area (Å²) in [5.41, 5.74) is 0.647. The quantitative estimate of drug-likeness (QED) is 0.784. The van der Waals surface area contributed by atoms with E-state index in [-0.39, 0.29) is 11.8 Å². The van der Waals surface area contributed by atoms with Crippen LogP contribution in [0, 0.1) is 0 Å². The van der Waals surface area contributed by atoms with Crippen LogP contribution in [0.15, 0.2) is 18.2 Å². The van der Waals surface area contributed by atoms with E-state index in [1.165, 1.54) is 12.8 Å². The summed E-state index contributed by atoms with van der Waals surface area (Å²) in [5.74, 6) is 1.31. The summed E-state index contributed by atoms with van der Waals surface area (Å²) in [5, 5.41) is 3.30. The SMILES string of the molecule is COc1ccc(C(=O)C(C)NC2CC2)cc1OC. The Kier molecular flexibility index (Phi) is 3.87. The number of rotatable bonds is 6. The molecular weight excluding hydrogens is 230 g/mol. The fourth-order valence-electron chi connectivity index (χ4n) is 1.92. The summed E-state index contributed by atoms with van der Waals surface area (Å²) >= 11 is 0. The van der Waals surface area contributed by atoms with Crippen molar-refractivity contribution >= 4 is 5.78 Å². The number of hydrogen-bond acceptors (Lipinski definition) is 4. The molecule has 1 aromatic rings. The molecule has 98 valence electrons. The van der Waals surface area contributed by atoms with Crippen LogP contribution in [0.1, 0.15) is 30.1 Å². The molecule has 0 saturated heterocycles. The van der Waals surface area contributed by atoms with Crippen LogP contribution in [-0.4, -0.2) is 32.1 Å². The molecule has 1 aliphatic rings. The Morgan fingerprint density at radius 2 is 1.94 bits per heavy atom. The topological polar surface area (TPSA) is 47.6 Å². The minimum Gasteiger partial charge on any atom is -0.493 e. The van der Waals surface area contributed by atoms with Crippen molar-refractivity contribution in [1.29, 1.82) is 0 Å². The molecule has 2 rings (SSSR count). The van der Waals surface area contributed by atoms with Crippen molar-refractivity contribution < 1.29 is 14.3 Å². The number of nitrogens with one attached hydrogen (secondary N) is 1. The van der Waals surface area contributed by atoms with E-state index >= 15 is 0 Å². The third-order valence-corrected chi connectivity index (χ3v) is 3.12. The lowest BCUT2D eigenvalue weighted by Crippen LogP contribution is -2.35. The minimum atomic E-state index is -0.157. The normalized spacial score (nSPS) is 16.2. The molecule has 1 saturated carbocycles.